The predicted octanol–water partition coefficient (Wildman–Crippen LogP) is 1.95. The molecule has 0 saturated heterocycles. The van der Waals surface area contributed by atoms with Crippen LogP contribution < -0.4 is 9.47 Å². The van der Waals surface area contributed by atoms with Crippen molar-refractivity contribution in [1.82, 2.24) is 0 Å². The van der Waals surface area contributed by atoms with E-state index >= 15 is 0 Å². The molecule has 0 bridgehead atoms. The molecule has 0 saturated carbocycles. The van der Waals surface area contributed by atoms with Gasteiger partial charge in [0.25, 0.3) is 0 Å². The van der Waals surface area contributed by atoms with Gasteiger partial charge in [-0.05, 0) is 18.6 Å². The molecule has 0 fully saturated rings. The molecule has 0 aliphatic heterocycles. The molecule has 1 aromatic carbocycles. The summed E-state index contributed by atoms with van der Waals surface area (Å²) >= 11 is 0. The molecule has 0 heterocycles. The van der Waals surface area contributed by atoms with Crippen LogP contribution in [0.3, 0.4) is 0 Å². The monoisotopic (exact) mass is 240 g/mol. The van der Waals surface area contributed by atoms with Crippen molar-refractivity contribution in [2.24, 2.45) is 0 Å². The van der Waals surface area contributed by atoms with E-state index in [9.17, 15) is 5.11 Å². The molecule has 4 nitrogen and oxygen atoms in total. The highest BCUT2D eigenvalue weighted by molar-refractivity contribution is 5.48. The van der Waals surface area contributed by atoms with Gasteiger partial charge in [0, 0.05) is 7.11 Å². The Hall–Kier alpha value is -1.26. The molecule has 17 heavy (non-hydrogen) atoms. The largest absolute Gasteiger partial charge is 0.496 e. The Labute approximate surface area is 102 Å². The topological polar surface area (TPSA) is 47.9 Å². The molecule has 1 N–H and O–H groups in total. The Balaban J connectivity index is 3.33. The van der Waals surface area contributed by atoms with Crippen molar-refractivity contribution in [3.63, 3.8) is 0 Å². The highest BCUT2D eigenvalue weighted by atomic mass is 16.5. The van der Waals surface area contributed by atoms with Crippen LogP contribution in [0.4, 0.5) is 0 Å². The van der Waals surface area contributed by atoms with Gasteiger partial charge in [-0.2, -0.15) is 0 Å². The number of hydrogen-bond donors (Lipinski definition) is 1. The minimum atomic E-state index is -1.10. The second kappa shape index (κ2) is 5.89. The highest BCUT2D eigenvalue weighted by Gasteiger charge is 2.33. The van der Waals surface area contributed by atoms with E-state index < -0.39 is 5.60 Å². The zero-order chi connectivity index (χ0) is 12.9. The molecule has 0 spiro atoms. The maximum absolute atomic E-state index is 10.6. The van der Waals surface area contributed by atoms with Crippen LogP contribution in [0.2, 0.25) is 0 Å². The van der Waals surface area contributed by atoms with E-state index in [1.807, 2.05) is 13.0 Å². The highest BCUT2D eigenvalue weighted by Crippen LogP contribution is 2.39. The molecule has 1 atom stereocenters. The SMILES string of the molecule is CCC(O)(COC)c1c(OC)cccc1OC. The molecule has 0 aromatic heterocycles. The third kappa shape index (κ3) is 2.70. The van der Waals surface area contributed by atoms with Crippen molar-refractivity contribution in [2.45, 2.75) is 18.9 Å². The van der Waals surface area contributed by atoms with Crippen molar-refractivity contribution >= 4 is 0 Å². The van der Waals surface area contributed by atoms with Gasteiger partial charge < -0.3 is 19.3 Å². The molecule has 0 radical (unpaired) electrons. The maximum Gasteiger partial charge on any atom is 0.128 e. The average Bonchev–Trinajstić information content (AvgIpc) is 2.37. The number of ether oxygens (including phenoxy) is 3. The summed E-state index contributed by atoms with van der Waals surface area (Å²) in [5.74, 6) is 1.21. The average molecular weight is 240 g/mol. The van der Waals surface area contributed by atoms with E-state index in [1.54, 1.807) is 33.5 Å². The quantitative estimate of drug-likeness (QED) is 0.825. The van der Waals surface area contributed by atoms with Crippen LogP contribution in [-0.2, 0) is 10.3 Å². The van der Waals surface area contributed by atoms with Gasteiger partial charge in [0.15, 0.2) is 0 Å². The Morgan fingerprint density at radius 2 is 1.65 bits per heavy atom. The van der Waals surface area contributed by atoms with Crippen molar-refractivity contribution in [3.8, 4) is 11.5 Å². The summed E-state index contributed by atoms with van der Waals surface area (Å²) in [7, 11) is 4.70. The molecule has 1 aromatic rings. The molecule has 0 amide bonds. The number of aliphatic hydroxyl groups is 1. The lowest BCUT2D eigenvalue weighted by Gasteiger charge is -2.29. The molecular weight excluding hydrogens is 220 g/mol. The van der Waals surface area contributed by atoms with Crippen molar-refractivity contribution in [2.75, 3.05) is 27.9 Å². The van der Waals surface area contributed by atoms with Crippen LogP contribution >= 0.6 is 0 Å². The first kappa shape index (κ1) is 13.8. The fraction of sp³-hybridized carbons (Fsp3) is 0.538. The molecule has 0 aliphatic carbocycles. The third-order valence-electron chi connectivity index (χ3n) is 2.86. The van der Waals surface area contributed by atoms with Gasteiger partial charge in [0.1, 0.15) is 17.1 Å². The van der Waals surface area contributed by atoms with Crippen LogP contribution in [0.1, 0.15) is 18.9 Å². The van der Waals surface area contributed by atoms with Crippen LogP contribution in [0, 0.1) is 0 Å². The summed E-state index contributed by atoms with van der Waals surface area (Å²) in [4.78, 5) is 0. The Morgan fingerprint density at radius 1 is 1.12 bits per heavy atom. The summed E-state index contributed by atoms with van der Waals surface area (Å²) in [6, 6.07) is 5.42. The first-order valence-corrected chi connectivity index (χ1v) is 5.55. The Kier molecular flexibility index (Phi) is 4.78. The van der Waals surface area contributed by atoms with Crippen LogP contribution in [0.15, 0.2) is 18.2 Å². The van der Waals surface area contributed by atoms with Gasteiger partial charge in [-0.15, -0.1) is 0 Å². The number of methoxy groups -OCH3 is 3. The fourth-order valence-electron chi connectivity index (χ4n) is 1.90. The van der Waals surface area contributed by atoms with E-state index in [1.165, 1.54) is 0 Å². The summed E-state index contributed by atoms with van der Waals surface area (Å²) in [6.07, 6.45) is 0.511. The normalized spacial score (nSPS) is 14.2. The zero-order valence-corrected chi connectivity index (χ0v) is 10.8. The molecule has 1 rings (SSSR count). The van der Waals surface area contributed by atoms with Gasteiger partial charge in [0.05, 0.1) is 26.4 Å². The van der Waals surface area contributed by atoms with E-state index in [2.05, 4.69) is 0 Å². The van der Waals surface area contributed by atoms with Gasteiger partial charge in [-0.1, -0.05) is 13.0 Å². The van der Waals surface area contributed by atoms with E-state index in [0.29, 0.717) is 23.5 Å². The minimum absolute atomic E-state index is 0.195. The smallest absolute Gasteiger partial charge is 0.128 e. The molecule has 1 unspecified atom stereocenters. The lowest BCUT2D eigenvalue weighted by molar-refractivity contribution is -0.0414. The zero-order valence-electron chi connectivity index (χ0n) is 10.8. The number of benzene rings is 1. The summed E-state index contributed by atoms with van der Waals surface area (Å²) in [5.41, 5.74) is -0.471. The first-order chi connectivity index (χ1) is 8.12. The maximum atomic E-state index is 10.6. The molecule has 96 valence electrons. The van der Waals surface area contributed by atoms with Gasteiger partial charge in [-0.3, -0.25) is 0 Å². The van der Waals surface area contributed by atoms with Crippen molar-refractivity contribution in [1.29, 1.82) is 0 Å². The minimum Gasteiger partial charge on any atom is -0.496 e. The Morgan fingerprint density at radius 3 is 2.00 bits per heavy atom. The lowest BCUT2D eigenvalue weighted by Crippen LogP contribution is -2.31. The second-order valence-electron chi connectivity index (χ2n) is 3.86. The molecular formula is C13H20O4. The van der Waals surface area contributed by atoms with E-state index in [0.717, 1.165) is 0 Å². The van der Waals surface area contributed by atoms with Crippen LogP contribution in [0.25, 0.3) is 0 Å². The van der Waals surface area contributed by atoms with Gasteiger partial charge in [0.2, 0.25) is 0 Å². The Bertz CT molecular complexity index is 342. The first-order valence-electron chi connectivity index (χ1n) is 5.55. The lowest BCUT2D eigenvalue weighted by atomic mass is 9.90. The summed E-state index contributed by atoms with van der Waals surface area (Å²) < 4.78 is 15.7. The number of hydrogen-bond acceptors (Lipinski definition) is 4. The summed E-state index contributed by atoms with van der Waals surface area (Å²) in [6.45, 7) is 2.09. The molecule has 4 heteroatoms. The van der Waals surface area contributed by atoms with Crippen LogP contribution in [0.5, 0.6) is 11.5 Å². The predicted molar refractivity (Wildman–Crippen MR) is 65.6 cm³/mol. The van der Waals surface area contributed by atoms with Crippen molar-refractivity contribution in [3.05, 3.63) is 23.8 Å². The van der Waals surface area contributed by atoms with E-state index in [-0.39, 0.29) is 6.61 Å². The number of rotatable bonds is 6. The van der Waals surface area contributed by atoms with E-state index in [4.69, 9.17) is 14.2 Å². The third-order valence-corrected chi connectivity index (χ3v) is 2.86. The fourth-order valence-corrected chi connectivity index (χ4v) is 1.90. The van der Waals surface area contributed by atoms with Gasteiger partial charge in [-0.25, -0.2) is 0 Å². The summed E-state index contributed by atoms with van der Waals surface area (Å²) in [5, 5.41) is 10.6. The van der Waals surface area contributed by atoms with Gasteiger partial charge >= 0.3 is 0 Å². The standard InChI is InChI=1S/C13H20O4/c1-5-13(14,9-15-2)12-10(16-3)7-6-8-11(12)17-4/h6-8,14H,5,9H2,1-4H3. The van der Waals surface area contributed by atoms with Crippen molar-refractivity contribution < 1.29 is 19.3 Å². The van der Waals surface area contributed by atoms with Crippen LogP contribution in [-0.4, -0.2) is 33.0 Å². The molecule has 0 aliphatic rings. The second-order valence-corrected chi connectivity index (χ2v) is 3.86.